The molecule has 2 aliphatic heterocycles. The molecular weight excluding hydrogens is 665 g/mol. The first-order valence-electron chi connectivity index (χ1n) is 14.6. The van der Waals surface area contributed by atoms with Crippen molar-refractivity contribution in [2.24, 2.45) is 5.16 Å². The maximum atomic E-state index is 13.3. The molecule has 16 heteroatoms. The highest BCUT2D eigenvalue weighted by atomic mass is 32.2. The van der Waals surface area contributed by atoms with Crippen LogP contribution in [0.3, 0.4) is 0 Å². The quantitative estimate of drug-likeness (QED) is 0.0690. The molecule has 5 rings (SSSR count). The van der Waals surface area contributed by atoms with Crippen LogP contribution in [0, 0.1) is 0 Å². The van der Waals surface area contributed by atoms with Gasteiger partial charge in [0, 0.05) is 24.3 Å². The van der Waals surface area contributed by atoms with E-state index in [1.807, 2.05) is 60.7 Å². The van der Waals surface area contributed by atoms with Gasteiger partial charge in [-0.2, -0.15) is 0 Å². The van der Waals surface area contributed by atoms with Gasteiger partial charge in [0.1, 0.15) is 17.1 Å². The van der Waals surface area contributed by atoms with Gasteiger partial charge in [0.2, 0.25) is 12.9 Å². The van der Waals surface area contributed by atoms with Crippen molar-refractivity contribution >= 4 is 58.7 Å². The topological polar surface area (TPSA) is 172 Å². The predicted molar refractivity (Wildman–Crippen MR) is 172 cm³/mol. The molecule has 0 spiro atoms. The van der Waals surface area contributed by atoms with Crippen molar-refractivity contribution in [3.05, 3.63) is 100 Å². The Bertz CT molecular complexity index is 1650. The number of amides is 2. The molecule has 48 heavy (non-hydrogen) atoms. The first-order valence-corrected chi connectivity index (χ1v) is 16.6. The van der Waals surface area contributed by atoms with Crippen LogP contribution in [0.1, 0.15) is 36.8 Å². The summed E-state index contributed by atoms with van der Waals surface area (Å²) in [5, 5.41) is 7.60. The largest absolute Gasteiger partial charge is 0.511 e. The van der Waals surface area contributed by atoms with Crippen LogP contribution in [0.2, 0.25) is 0 Å². The minimum absolute atomic E-state index is 0.0982. The first kappa shape index (κ1) is 34.1. The molecule has 0 saturated carbocycles. The highest BCUT2D eigenvalue weighted by Crippen LogP contribution is 2.36. The van der Waals surface area contributed by atoms with Crippen molar-refractivity contribution in [1.82, 2.24) is 15.2 Å². The number of benzene rings is 2. The molecule has 2 aromatic carbocycles. The van der Waals surface area contributed by atoms with E-state index in [-0.39, 0.29) is 29.3 Å². The zero-order valence-corrected chi connectivity index (χ0v) is 27.3. The van der Waals surface area contributed by atoms with E-state index in [0.29, 0.717) is 0 Å². The average Bonchev–Trinajstić information content (AvgIpc) is 3.63. The number of fused-ring (bicyclic) bond motifs is 1. The highest BCUT2D eigenvalue weighted by molar-refractivity contribution is 8.00. The van der Waals surface area contributed by atoms with Gasteiger partial charge in [-0.1, -0.05) is 65.8 Å². The minimum Gasteiger partial charge on any atom is -0.450 e. The molecule has 250 valence electrons. The van der Waals surface area contributed by atoms with Gasteiger partial charge in [-0.3, -0.25) is 9.59 Å². The van der Waals surface area contributed by atoms with E-state index in [2.05, 4.69) is 20.2 Å². The van der Waals surface area contributed by atoms with Crippen LogP contribution in [0.4, 0.5) is 4.79 Å². The van der Waals surface area contributed by atoms with E-state index in [0.717, 1.165) is 11.1 Å². The number of oxime groups is 1. The second kappa shape index (κ2) is 16.1. The SMILES string of the molecule is CCOC(=O)OC(C)OC(=O)C1=CN2C(=O)C(NC(=O)C(=NOCC(=O)OC(c3ccccc3)c3ccccc3)c3cscn3)[C@H]2SC1. The molecule has 3 atom stereocenters. The summed E-state index contributed by atoms with van der Waals surface area (Å²) in [7, 11) is 0. The lowest BCUT2D eigenvalue weighted by Gasteiger charge is -2.47. The third kappa shape index (κ3) is 8.38. The van der Waals surface area contributed by atoms with Gasteiger partial charge in [0.25, 0.3) is 11.8 Å². The number of aromatic nitrogens is 1. The monoisotopic (exact) mass is 694 g/mol. The Morgan fingerprint density at radius 3 is 2.33 bits per heavy atom. The zero-order chi connectivity index (χ0) is 34.0. The summed E-state index contributed by atoms with van der Waals surface area (Å²) in [6.07, 6.45) is -1.53. The molecule has 1 aromatic heterocycles. The smallest absolute Gasteiger partial charge is 0.450 e. The number of hydrogen-bond donors (Lipinski definition) is 1. The molecule has 3 heterocycles. The van der Waals surface area contributed by atoms with E-state index < -0.39 is 60.3 Å². The van der Waals surface area contributed by atoms with Crippen LogP contribution in [0.15, 0.2) is 88.5 Å². The summed E-state index contributed by atoms with van der Waals surface area (Å²) in [5.41, 5.74) is 3.13. The summed E-state index contributed by atoms with van der Waals surface area (Å²) in [6, 6.07) is 17.5. The Balaban J connectivity index is 1.19. The molecule has 3 aromatic rings. The van der Waals surface area contributed by atoms with Crippen LogP contribution >= 0.6 is 23.1 Å². The number of carbonyl (C=O) groups excluding carboxylic acids is 5. The maximum absolute atomic E-state index is 13.3. The molecule has 0 radical (unpaired) electrons. The van der Waals surface area contributed by atoms with Crippen LogP contribution in [0.5, 0.6) is 0 Å². The number of carbonyl (C=O) groups is 5. The van der Waals surface area contributed by atoms with Crippen molar-refractivity contribution in [2.75, 3.05) is 19.0 Å². The number of nitrogens with one attached hydrogen (secondary N) is 1. The fraction of sp³-hybridized carbons (Fsp3) is 0.281. The summed E-state index contributed by atoms with van der Waals surface area (Å²) >= 11 is 2.44. The molecule has 1 saturated heterocycles. The maximum Gasteiger partial charge on any atom is 0.511 e. The summed E-state index contributed by atoms with van der Waals surface area (Å²) < 4.78 is 20.3. The lowest BCUT2D eigenvalue weighted by atomic mass is 10.0. The number of rotatable bonds is 13. The second-order valence-corrected chi connectivity index (χ2v) is 11.9. The van der Waals surface area contributed by atoms with Crippen molar-refractivity contribution < 1.29 is 47.8 Å². The van der Waals surface area contributed by atoms with Crippen LogP contribution in [0.25, 0.3) is 0 Å². The zero-order valence-electron chi connectivity index (χ0n) is 25.7. The van der Waals surface area contributed by atoms with Gasteiger partial charge in [0.15, 0.2) is 11.8 Å². The van der Waals surface area contributed by atoms with Crippen molar-refractivity contribution in [3.8, 4) is 0 Å². The highest BCUT2D eigenvalue weighted by Gasteiger charge is 2.50. The molecule has 2 amide bonds. The Hall–Kier alpha value is -5.22. The van der Waals surface area contributed by atoms with Crippen LogP contribution < -0.4 is 5.32 Å². The number of β-lactam (4-membered cyclic amide) rings is 1. The van der Waals surface area contributed by atoms with Crippen molar-refractivity contribution in [3.63, 3.8) is 0 Å². The van der Waals surface area contributed by atoms with Gasteiger partial charge in [0.05, 0.1) is 17.7 Å². The fourth-order valence-electron chi connectivity index (χ4n) is 4.61. The van der Waals surface area contributed by atoms with Gasteiger partial charge in [-0.05, 0) is 18.1 Å². The molecule has 14 nitrogen and oxygen atoms in total. The van der Waals surface area contributed by atoms with E-state index in [1.165, 1.54) is 46.6 Å². The molecule has 0 bridgehead atoms. The lowest BCUT2D eigenvalue weighted by molar-refractivity contribution is -0.163. The predicted octanol–water partition coefficient (Wildman–Crippen LogP) is 3.54. The molecule has 0 aliphatic carbocycles. The lowest BCUT2D eigenvalue weighted by Crippen LogP contribution is -2.69. The number of esters is 2. The Labute approximate surface area is 283 Å². The number of nitrogens with zero attached hydrogens (tertiary/aromatic N) is 3. The number of hydrogen-bond acceptors (Lipinski definition) is 14. The van der Waals surface area contributed by atoms with Gasteiger partial charge < -0.3 is 34.0 Å². The standard InChI is InChI=1S/C32H30N4O10S2/c1-3-42-32(41)45-19(2)44-31(40)22-14-36-29(39)26(30(36)48-16-22)34-28(38)25(23-17-47-18-33-23)35-43-15-24(37)46-27(20-10-6-4-7-11-20)21-12-8-5-9-13-21/h4-14,17-19,26-27,30H,3,15-16H2,1-2H3,(H,34,38)/t19?,26?,30-/m1/s1. The van der Waals surface area contributed by atoms with E-state index in [9.17, 15) is 24.0 Å². The Kier molecular flexibility index (Phi) is 11.4. The average molecular weight is 695 g/mol. The van der Waals surface area contributed by atoms with E-state index >= 15 is 0 Å². The third-order valence-electron chi connectivity index (χ3n) is 6.81. The molecule has 2 unspecified atom stereocenters. The van der Waals surface area contributed by atoms with Gasteiger partial charge in [-0.25, -0.2) is 19.4 Å². The van der Waals surface area contributed by atoms with Gasteiger partial charge >= 0.3 is 18.1 Å². The van der Waals surface area contributed by atoms with Crippen molar-refractivity contribution in [2.45, 2.75) is 37.7 Å². The summed E-state index contributed by atoms with van der Waals surface area (Å²) in [6.45, 7) is 2.46. The second-order valence-electron chi connectivity index (χ2n) is 10.1. The van der Waals surface area contributed by atoms with Crippen LogP contribution in [-0.4, -0.2) is 82.2 Å². The van der Waals surface area contributed by atoms with Gasteiger partial charge in [-0.15, -0.1) is 23.1 Å². The minimum atomic E-state index is -1.21. The number of thioether (sulfide) groups is 1. The third-order valence-corrected chi connectivity index (χ3v) is 8.72. The molecule has 1 N–H and O–H groups in total. The number of thiazole rings is 1. The molecule has 1 fully saturated rings. The normalized spacial score (nSPS) is 17.6. The van der Waals surface area contributed by atoms with Crippen molar-refractivity contribution in [1.29, 1.82) is 0 Å². The summed E-state index contributed by atoms with van der Waals surface area (Å²) in [4.78, 5) is 73.8. The number of ether oxygens (including phenoxy) is 4. The fourth-order valence-corrected chi connectivity index (χ4v) is 6.39. The summed E-state index contributed by atoms with van der Waals surface area (Å²) in [5.74, 6) is -2.56. The van der Waals surface area contributed by atoms with E-state index in [1.54, 1.807) is 12.3 Å². The Morgan fingerprint density at radius 2 is 1.71 bits per heavy atom. The first-order chi connectivity index (χ1) is 23.2. The molecule has 2 aliphatic rings. The Morgan fingerprint density at radius 1 is 1.02 bits per heavy atom. The van der Waals surface area contributed by atoms with E-state index in [4.69, 9.17) is 19.0 Å². The van der Waals surface area contributed by atoms with Crippen LogP contribution in [-0.2, 0) is 43.0 Å². The molecular formula is C32H30N4O10S2.